The van der Waals surface area contributed by atoms with Gasteiger partial charge in [-0.25, -0.2) is 0 Å². The molecule has 1 aliphatic carbocycles. The molecule has 0 bridgehead atoms. The average molecular weight is 267 g/mol. The van der Waals surface area contributed by atoms with E-state index in [1.54, 1.807) is 0 Å². The van der Waals surface area contributed by atoms with Crippen LogP contribution in [0.3, 0.4) is 0 Å². The third kappa shape index (κ3) is 4.28. The quantitative estimate of drug-likeness (QED) is 0.732. The predicted molar refractivity (Wildman–Crippen MR) is 72.8 cm³/mol. The van der Waals surface area contributed by atoms with E-state index in [0.29, 0.717) is 18.5 Å². The lowest BCUT2D eigenvalue weighted by Crippen LogP contribution is -2.34. The Morgan fingerprint density at radius 1 is 1.42 bits per heavy atom. The van der Waals surface area contributed by atoms with Crippen LogP contribution in [0.4, 0.5) is 0 Å². The molecule has 1 heterocycles. The van der Waals surface area contributed by atoms with E-state index < -0.39 is 0 Å². The predicted octanol–water partition coefficient (Wildman–Crippen LogP) is 2.32. The Balaban J connectivity index is 1.83. The zero-order valence-corrected chi connectivity index (χ0v) is 12.0. The van der Waals surface area contributed by atoms with E-state index in [9.17, 15) is 0 Å². The number of hydrogen-bond donors (Lipinski definition) is 1. The van der Waals surface area contributed by atoms with Crippen LogP contribution in [0.1, 0.15) is 50.7 Å². The Bertz CT molecular complexity index is 361. The molecule has 1 fully saturated rings. The van der Waals surface area contributed by atoms with Crippen molar-refractivity contribution in [2.45, 2.75) is 58.1 Å². The van der Waals surface area contributed by atoms with Crippen LogP contribution >= 0.6 is 0 Å². The second-order valence-electron chi connectivity index (χ2n) is 5.30. The van der Waals surface area contributed by atoms with Crippen molar-refractivity contribution in [2.24, 2.45) is 5.92 Å². The Kier molecular flexibility index (Phi) is 5.79. The molecule has 0 radical (unpaired) electrons. The lowest BCUT2D eigenvalue weighted by atomic mass is 9.95. The molecule has 0 amide bonds. The number of ether oxygens (including phenoxy) is 1. The van der Waals surface area contributed by atoms with Gasteiger partial charge in [0.25, 0.3) is 0 Å². The van der Waals surface area contributed by atoms with Crippen molar-refractivity contribution in [3.8, 4) is 0 Å². The molecule has 19 heavy (non-hydrogen) atoms. The molecule has 2 rings (SSSR count). The van der Waals surface area contributed by atoms with Gasteiger partial charge in [0, 0.05) is 19.1 Å². The van der Waals surface area contributed by atoms with E-state index in [0.717, 1.165) is 31.3 Å². The van der Waals surface area contributed by atoms with Gasteiger partial charge in [-0.05, 0) is 32.2 Å². The van der Waals surface area contributed by atoms with Crippen molar-refractivity contribution in [3.63, 3.8) is 0 Å². The number of likely N-dealkylation sites (N-methyl/N-ethyl adjacent to an activating group) is 1. The summed E-state index contributed by atoms with van der Waals surface area (Å²) in [7, 11) is 2.02. The monoisotopic (exact) mass is 267 g/mol. The van der Waals surface area contributed by atoms with Crippen molar-refractivity contribution < 1.29 is 9.26 Å². The van der Waals surface area contributed by atoms with Gasteiger partial charge in [0.2, 0.25) is 5.89 Å². The summed E-state index contributed by atoms with van der Waals surface area (Å²) in [5.41, 5.74) is 0. The lowest BCUT2D eigenvalue weighted by Gasteiger charge is -2.20. The van der Waals surface area contributed by atoms with E-state index in [4.69, 9.17) is 9.26 Å². The van der Waals surface area contributed by atoms with Gasteiger partial charge in [0.15, 0.2) is 5.82 Å². The SMILES string of the molecule is CCCOCc1noc(CC(NC)C2CCCC2)n1. The van der Waals surface area contributed by atoms with Gasteiger partial charge in [0.05, 0.1) is 0 Å². The average Bonchev–Trinajstić information content (AvgIpc) is 3.07. The molecular formula is C14H25N3O2. The summed E-state index contributed by atoms with van der Waals surface area (Å²) in [5.74, 6) is 2.13. The molecule has 5 nitrogen and oxygen atoms in total. The number of aromatic nitrogens is 2. The summed E-state index contributed by atoms with van der Waals surface area (Å²) in [6.45, 7) is 3.27. The van der Waals surface area contributed by atoms with Crippen LogP contribution in [0, 0.1) is 5.92 Å². The smallest absolute Gasteiger partial charge is 0.228 e. The summed E-state index contributed by atoms with van der Waals surface area (Å²) in [6, 6.07) is 0.451. The van der Waals surface area contributed by atoms with E-state index in [-0.39, 0.29) is 0 Å². The first-order chi connectivity index (χ1) is 9.33. The van der Waals surface area contributed by atoms with Gasteiger partial charge < -0.3 is 14.6 Å². The second-order valence-corrected chi connectivity index (χ2v) is 5.30. The zero-order valence-electron chi connectivity index (χ0n) is 12.0. The third-order valence-corrected chi connectivity index (χ3v) is 3.82. The van der Waals surface area contributed by atoms with Crippen LogP contribution in [0.5, 0.6) is 0 Å². The highest BCUT2D eigenvalue weighted by Crippen LogP contribution is 2.28. The van der Waals surface area contributed by atoms with Crippen molar-refractivity contribution in [1.29, 1.82) is 0 Å². The van der Waals surface area contributed by atoms with Crippen LogP contribution in [0.15, 0.2) is 4.52 Å². The molecule has 1 N–H and O–H groups in total. The fourth-order valence-electron chi connectivity index (χ4n) is 2.79. The van der Waals surface area contributed by atoms with Crippen LogP contribution in [0.25, 0.3) is 0 Å². The number of rotatable bonds is 8. The number of hydrogen-bond acceptors (Lipinski definition) is 5. The topological polar surface area (TPSA) is 60.2 Å². The molecule has 1 atom stereocenters. The third-order valence-electron chi connectivity index (χ3n) is 3.82. The Hall–Kier alpha value is -0.940. The standard InChI is InChI=1S/C14H25N3O2/c1-3-8-18-10-13-16-14(19-17-13)9-12(15-2)11-6-4-5-7-11/h11-12,15H,3-10H2,1-2H3. The minimum absolute atomic E-state index is 0.449. The molecule has 1 aromatic rings. The highest BCUT2D eigenvalue weighted by atomic mass is 16.5. The second kappa shape index (κ2) is 7.60. The maximum Gasteiger partial charge on any atom is 0.228 e. The van der Waals surface area contributed by atoms with E-state index in [1.807, 2.05) is 7.05 Å². The molecule has 0 spiro atoms. The molecule has 0 aromatic carbocycles. The Morgan fingerprint density at radius 2 is 2.21 bits per heavy atom. The molecule has 1 saturated carbocycles. The van der Waals surface area contributed by atoms with Crippen LogP contribution in [0.2, 0.25) is 0 Å². The first-order valence-corrected chi connectivity index (χ1v) is 7.40. The molecule has 108 valence electrons. The molecule has 1 aliphatic rings. The van der Waals surface area contributed by atoms with Gasteiger partial charge in [-0.15, -0.1) is 0 Å². The highest BCUT2D eigenvalue weighted by Gasteiger charge is 2.25. The van der Waals surface area contributed by atoms with E-state index in [2.05, 4.69) is 22.4 Å². The minimum atomic E-state index is 0.449. The fourth-order valence-corrected chi connectivity index (χ4v) is 2.79. The Labute approximate surface area is 115 Å². The highest BCUT2D eigenvalue weighted by molar-refractivity contribution is 4.91. The largest absolute Gasteiger partial charge is 0.373 e. The zero-order chi connectivity index (χ0) is 13.5. The summed E-state index contributed by atoms with van der Waals surface area (Å²) in [5, 5.41) is 7.36. The minimum Gasteiger partial charge on any atom is -0.373 e. The van der Waals surface area contributed by atoms with E-state index in [1.165, 1.54) is 25.7 Å². The molecule has 0 aliphatic heterocycles. The van der Waals surface area contributed by atoms with Crippen LogP contribution in [-0.4, -0.2) is 29.8 Å². The summed E-state index contributed by atoms with van der Waals surface area (Å²) in [6.07, 6.45) is 7.15. The molecule has 1 aromatic heterocycles. The van der Waals surface area contributed by atoms with Crippen LogP contribution in [-0.2, 0) is 17.8 Å². The molecule has 0 saturated heterocycles. The maximum atomic E-state index is 5.41. The van der Waals surface area contributed by atoms with Crippen molar-refractivity contribution >= 4 is 0 Å². The van der Waals surface area contributed by atoms with Crippen molar-refractivity contribution in [3.05, 3.63) is 11.7 Å². The maximum absolute atomic E-state index is 5.41. The molecule has 1 unspecified atom stereocenters. The normalized spacial score (nSPS) is 18.0. The Morgan fingerprint density at radius 3 is 2.89 bits per heavy atom. The molecule has 5 heteroatoms. The van der Waals surface area contributed by atoms with Gasteiger partial charge in [-0.2, -0.15) is 4.98 Å². The first-order valence-electron chi connectivity index (χ1n) is 7.40. The molecular weight excluding hydrogens is 242 g/mol. The van der Waals surface area contributed by atoms with Gasteiger partial charge >= 0.3 is 0 Å². The van der Waals surface area contributed by atoms with Crippen molar-refractivity contribution in [2.75, 3.05) is 13.7 Å². The summed E-state index contributed by atoms with van der Waals surface area (Å²) >= 11 is 0. The van der Waals surface area contributed by atoms with Gasteiger partial charge in [0.1, 0.15) is 6.61 Å². The van der Waals surface area contributed by atoms with Gasteiger partial charge in [-0.1, -0.05) is 24.9 Å². The van der Waals surface area contributed by atoms with E-state index >= 15 is 0 Å². The van der Waals surface area contributed by atoms with Crippen molar-refractivity contribution in [1.82, 2.24) is 15.5 Å². The fraction of sp³-hybridized carbons (Fsp3) is 0.857. The summed E-state index contributed by atoms with van der Waals surface area (Å²) < 4.78 is 10.7. The first kappa shape index (κ1) is 14.5. The number of nitrogens with one attached hydrogen (secondary N) is 1. The van der Waals surface area contributed by atoms with Gasteiger partial charge in [-0.3, -0.25) is 0 Å². The van der Waals surface area contributed by atoms with Crippen LogP contribution < -0.4 is 5.32 Å². The lowest BCUT2D eigenvalue weighted by molar-refractivity contribution is 0.114. The summed E-state index contributed by atoms with van der Waals surface area (Å²) in [4.78, 5) is 4.40. The number of nitrogens with zero attached hydrogens (tertiary/aromatic N) is 2.